The van der Waals surface area contributed by atoms with Gasteiger partial charge in [0.1, 0.15) is 6.54 Å². The maximum Gasteiger partial charge on any atom is 0.405 e. The van der Waals surface area contributed by atoms with Gasteiger partial charge in [-0.1, -0.05) is 12.2 Å². The monoisotopic (exact) mass is 289 g/mol. The van der Waals surface area contributed by atoms with Crippen LogP contribution in [-0.4, -0.2) is 38.6 Å². The lowest BCUT2D eigenvalue weighted by molar-refractivity contribution is -0.122. The first-order chi connectivity index (χ1) is 9.46. The minimum absolute atomic E-state index is 0.0903. The van der Waals surface area contributed by atoms with Crippen LogP contribution in [0.5, 0.6) is 0 Å². The smallest absolute Gasteiger partial charge is 0.382 e. The third kappa shape index (κ3) is 5.92. The second-order valence-corrected chi connectivity index (χ2v) is 4.30. The number of nitrogens with one attached hydrogen (secondary N) is 3. The van der Waals surface area contributed by atoms with Crippen LogP contribution in [0, 0.1) is 0 Å². The Morgan fingerprint density at radius 1 is 1.55 bits per heavy atom. The lowest BCUT2D eigenvalue weighted by Gasteiger charge is -2.14. The molecule has 0 aliphatic carbocycles. The van der Waals surface area contributed by atoms with Gasteiger partial charge in [-0.15, -0.1) is 0 Å². The van der Waals surface area contributed by atoms with Crippen LogP contribution in [0.2, 0.25) is 0 Å². The molecule has 0 aromatic heterocycles. The average Bonchev–Trinajstić information content (AvgIpc) is 2.85. The van der Waals surface area contributed by atoms with Crippen molar-refractivity contribution >= 4 is 6.29 Å². The van der Waals surface area contributed by atoms with E-state index < -0.39 is 12.7 Å². The molecule has 0 aromatic carbocycles. The largest absolute Gasteiger partial charge is 0.405 e. The standard InChI is InChI=1S/C13H18F3N3O/c1-17-6-4-10(5-7-18-9-13(14,15)16)12-3-2-11(8-20)19-12/h2,4-5,7-8,12,17-19H,3,6,9H2,1H3/b7-5-,10-4+. The van der Waals surface area contributed by atoms with Gasteiger partial charge in [-0.05, 0) is 31.3 Å². The molecule has 1 rings (SSSR count). The topological polar surface area (TPSA) is 53.2 Å². The molecule has 1 aliphatic rings. The number of halogens is 3. The summed E-state index contributed by atoms with van der Waals surface area (Å²) in [6.45, 7) is -0.480. The molecule has 1 unspecified atom stereocenters. The number of alkyl halides is 3. The molecule has 0 saturated heterocycles. The Morgan fingerprint density at radius 2 is 2.30 bits per heavy atom. The minimum atomic E-state index is -4.24. The van der Waals surface area contributed by atoms with E-state index in [9.17, 15) is 18.0 Å². The van der Waals surface area contributed by atoms with E-state index in [4.69, 9.17) is 0 Å². The molecule has 7 heteroatoms. The van der Waals surface area contributed by atoms with Crippen molar-refractivity contribution in [3.63, 3.8) is 0 Å². The maximum atomic E-state index is 12.0. The lowest BCUT2D eigenvalue weighted by atomic mass is 10.1. The van der Waals surface area contributed by atoms with Crippen LogP contribution >= 0.6 is 0 Å². The number of aldehydes is 1. The van der Waals surface area contributed by atoms with Gasteiger partial charge in [0.15, 0.2) is 6.29 Å². The summed E-state index contributed by atoms with van der Waals surface area (Å²) >= 11 is 0. The highest BCUT2D eigenvalue weighted by Gasteiger charge is 2.25. The second kappa shape index (κ2) is 7.74. The second-order valence-electron chi connectivity index (χ2n) is 4.30. The molecular formula is C13H18F3N3O. The van der Waals surface area contributed by atoms with E-state index in [1.54, 1.807) is 19.2 Å². The van der Waals surface area contributed by atoms with E-state index in [0.717, 1.165) is 11.9 Å². The number of likely N-dealkylation sites (N-methyl/N-ethyl adjacent to an activating group) is 1. The summed E-state index contributed by atoms with van der Waals surface area (Å²) in [5.74, 6) is 0. The van der Waals surface area contributed by atoms with E-state index in [1.165, 1.54) is 6.20 Å². The van der Waals surface area contributed by atoms with Gasteiger partial charge in [0.25, 0.3) is 0 Å². The van der Waals surface area contributed by atoms with Crippen LogP contribution < -0.4 is 16.0 Å². The zero-order valence-electron chi connectivity index (χ0n) is 11.1. The number of hydrogen-bond acceptors (Lipinski definition) is 4. The van der Waals surface area contributed by atoms with Crippen molar-refractivity contribution < 1.29 is 18.0 Å². The Bertz CT molecular complexity index is 414. The van der Waals surface area contributed by atoms with Crippen LogP contribution in [0.1, 0.15) is 6.42 Å². The summed E-state index contributed by atoms with van der Waals surface area (Å²) in [5.41, 5.74) is 1.32. The van der Waals surface area contributed by atoms with Crippen LogP contribution in [0.25, 0.3) is 0 Å². The molecule has 20 heavy (non-hydrogen) atoms. The average molecular weight is 289 g/mol. The van der Waals surface area contributed by atoms with Crippen molar-refractivity contribution in [2.75, 3.05) is 20.1 Å². The van der Waals surface area contributed by atoms with Gasteiger partial charge in [0.05, 0.1) is 11.7 Å². The Labute approximate surface area is 115 Å². The van der Waals surface area contributed by atoms with E-state index in [2.05, 4.69) is 16.0 Å². The Balaban J connectivity index is 2.58. The normalized spacial score (nSPS) is 19.9. The SMILES string of the molecule is CNC/C=C(\C=C/NCC(F)(F)F)C1CC=C(C=O)N1. The van der Waals surface area contributed by atoms with Crippen LogP contribution in [0.15, 0.2) is 35.7 Å². The first-order valence-electron chi connectivity index (χ1n) is 6.19. The number of hydrogen-bond donors (Lipinski definition) is 3. The van der Waals surface area contributed by atoms with Gasteiger partial charge in [0, 0.05) is 6.54 Å². The molecule has 1 atom stereocenters. The fourth-order valence-electron chi connectivity index (χ4n) is 1.74. The molecule has 0 spiro atoms. The van der Waals surface area contributed by atoms with Crippen molar-refractivity contribution in [3.8, 4) is 0 Å². The highest BCUT2D eigenvalue weighted by molar-refractivity contribution is 5.73. The van der Waals surface area contributed by atoms with Gasteiger partial charge in [-0.2, -0.15) is 13.2 Å². The van der Waals surface area contributed by atoms with Crippen molar-refractivity contribution in [3.05, 3.63) is 35.7 Å². The van der Waals surface area contributed by atoms with E-state index >= 15 is 0 Å². The fraction of sp³-hybridized carbons (Fsp3) is 0.462. The molecule has 0 bridgehead atoms. The molecular weight excluding hydrogens is 271 g/mol. The molecule has 1 aliphatic heterocycles. The highest BCUT2D eigenvalue weighted by Crippen LogP contribution is 2.16. The van der Waals surface area contributed by atoms with Crippen LogP contribution in [0.3, 0.4) is 0 Å². The quantitative estimate of drug-likeness (QED) is 0.487. The third-order valence-corrected chi connectivity index (χ3v) is 2.68. The summed E-state index contributed by atoms with van der Waals surface area (Å²) in [4.78, 5) is 10.6. The summed E-state index contributed by atoms with van der Waals surface area (Å²) in [7, 11) is 1.77. The summed E-state index contributed by atoms with van der Waals surface area (Å²) < 4.78 is 36.0. The molecule has 4 nitrogen and oxygen atoms in total. The molecule has 3 N–H and O–H groups in total. The number of carbonyl (C=O) groups excluding carboxylic acids is 1. The van der Waals surface area contributed by atoms with Crippen LogP contribution in [0.4, 0.5) is 13.2 Å². The van der Waals surface area contributed by atoms with Crippen molar-refractivity contribution in [2.24, 2.45) is 0 Å². The zero-order chi connectivity index (χ0) is 15.0. The van der Waals surface area contributed by atoms with Crippen molar-refractivity contribution in [1.29, 1.82) is 0 Å². The fourth-order valence-corrected chi connectivity index (χ4v) is 1.74. The lowest BCUT2D eigenvalue weighted by Crippen LogP contribution is -2.27. The van der Waals surface area contributed by atoms with Gasteiger partial charge in [0.2, 0.25) is 0 Å². The molecule has 1 heterocycles. The highest BCUT2D eigenvalue weighted by atomic mass is 19.4. The summed E-state index contributed by atoms with van der Waals surface area (Å²) in [5, 5.41) is 8.14. The zero-order valence-corrected chi connectivity index (χ0v) is 11.1. The Morgan fingerprint density at radius 3 is 2.85 bits per heavy atom. The first-order valence-corrected chi connectivity index (χ1v) is 6.19. The maximum absolute atomic E-state index is 12.0. The van der Waals surface area contributed by atoms with E-state index in [1.807, 2.05) is 6.08 Å². The third-order valence-electron chi connectivity index (χ3n) is 2.68. The summed E-state index contributed by atoms with van der Waals surface area (Å²) in [6.07, 6.45) is 3.61. The molecule has 0 saturated carbocycles. The van der Waals surface area contributed by atoms with Gasteiger partial charge >= 0.3 is 6.18 Å². The molecule has 0 radical (unpaired) electrons. The molecule has 0 amide bonds. The number of carbonyl (C=O) groups is 1. The van der Waals surface area contributed by atoms with E-state index in [0.29, 0.717) is 18.7 Å². The van der Waals surface area contributed by atoms with Crippen molar-refractivity contribution in [2.45, 2.75) is 18.6 Å². The predicted octanol–water partition coefficient (Wildman–Crippen LogP) is 1.24. The number of allylic oxidation sites excluding steroid dienone is 1. The first kappa shape index (κ1) is 16.3. The van der Waals surface area contributed by atoms with Gasteiger partial charge in [-0.3, -0.25) is 4.79 Å². The van der Waals surface area contributed by atoms with Gasteiger partial charge < -0.3 is 16.0 Å². The summed E-state index contributed by atoms with van der Waals surface area (Å²) in [6, 6.07) is -0.0903. The minimum Gasteiger partial charge on any atom is -0.382 e. The molecule has 0 fully saturated rings. The van der Waals surface area contributed by atoms with Gasteiger partial charge in [-0.25, -0.2) is 0 Å². The molecule has 112 valence electrons. The Kier molecular flexibility index (Phi) is 6.30. The Hall–Kier alpha value is -1.76. The number of rotatable bonds is 7. The molecule has 0 aromatic rings. The van der Waals surface area contributed by atoms with Crippen molar-refractivity contribution in [1.82, 2.24) is 16.0 Å². The van der Waals surface area contributed by atoms with Crippen LogP contribution in [-0.2, 0) is 4.79 Å². The van der Waals surface area contributed by atoms with E-state index in [-0.39, 0.29) is 6.04 Å². The predicted molar refractivity (Wildman–Crippen MR) is 70.9 cm³/mol.